The van der Waals surface area contributed by atoms with Crippen molar-refractivity contribution in [3.05, 3.63) is 22.4 Å². The highest BCUT2D eigenvalue weighted by Crippen LogP contribution is 2.28. The molecule has 92 valence electrons. The minimum absolute atomic E-state index is 0.0144. The quantitative estimate of drug-likeness (QED) is 0.823. The van der Waals surface area contributed by atoms with E-state index in [2.05, 4.69) is 20.9 Å². The lowest BCUT2D eigenvalue weighted by atomic mass is 10.3. The number of hydrogen-bond donors (Lipinski definition) is 1. The number of imidazole rings is 1. The second-order valence-electron chi connectivity index (χ2n) is 3.43. The molecule has 2 rings (SSSR count). The van der Waals surface area contributed by atoms with E-state index in [1.54, 1.807) is 0 Å². The second kappa shape index (κ2) is 3.86. The number of nitrogen functional groups attached to an aromatic ring is 1. The summed E-state index contributed by atoms with van der Waals surface area (Å²) in [4.78, 5) is 3.74. The average Bonchev–Trinajstić information content (AvgIpc) is 2.43. The Morgan fingerprint density at radius 3 is 2.59 bits per heavy atom. The normalized spacial score (nSPS) is 12.3. The molecule has 3 nitrogen and oxygen atoms in total. The minimum Gasteiger partial charge on any atom is -0.369 e. The van der Waals surface area contributed by atoms with Crippen molar-refractivity contribution in [2.45, 2.75) is 12.7 Å². The van der Waals surface area contributed by atoms with Crippen LogP contribution in [-0.4, -0.2) is 15.7 Å². The fourth-order valence-electron chi connectivity index (χ4n) is 1.48. The Labute approximate surface area is 101 Å². The van der Waals surface area contributed by atoms with Gasteiger partial charge in [-0.15, -0.1) is 0 Å². The molecule has 0 aliphatic rings. The zero-order valence-corrected chi connectivity index (χ0v) is 9.81. The topological polar surface area (TPSA) is 43.8 Å². The average molecular weight is 312 g/mol. The number of halogens is 5. The molecular formula is C9H6BrF4N3. The van der Waals surface area contributed by atoms with E-state index in [1.807, 2.05) is 0 Å². The molecule has 0 saturated heterocycles. The molecule has 0 fully saturated rings. The number of nitrogens with two attached hydrogens (primary N) is 1. The van der Waals surface area contributed by atoms with Crippen LogP contribution in [0.2, 0.25) is 0 Å². The fraction of sp³-hybridized carbons (Fsp3) is 0.222. The third-order valence-corrected chi connectivity index (χ3v) is 2.76. The second-order valence-corrected chi connectivity index (χ2v) is 4.28. The highest BCUT2D eigenvalue weighted by molar-refractivity contribution is 9.10. The van der Waals surface area contributed by atoms with Gasteiger partial charge in [0.05, 0.1) is 15.5 Å². The molecule has 8 heteroatoms. The molecule has 0 aliphatic carbocycles. The zero-order valence-electron chi connectivity index (χ0n) is 8.22. The van der Waals surface area contributed by atoms with Gasteiger partial charge in [0, 0.05) is 6.07 Å². The van der Waals surface area contributed by atoms with Gasteiger partial charge < -0.3 is 10.3 Å². The van der Waals surface area contributed by atoms with Crippen LogP contribution in [0.5, 0.6) is 0 Å². The van der Waals surface area contributed by atoms with Crippen molar-refractivity contribution in [2.24, 2.45) is 0 Å². The lowest BCUT2D eigenvalue weighted by Gasteiger charge is -2.09. The van der Waals surface area contributed by atoms with Crippen LogP contribution in [0.3, 0.4) is 0 Å². The van der Waals surface area contributed by atoms with Gasteiger partial charge in [0.2, 0.25) is 5.95 Å². The van der Waals surface area contributed by atoms with Gasteiger partial charge in [-0.1, -0.05) is 0 Å². The van der Waals surface area contributed by atoms with E-state index >= 15 is 0 Å². The predicted octanol–water partition coefficient (Wildman–Crippen LogP) is 3.08. The first kappa shape index (κ1) is 12.2. The molecule has 0 saturated carbocycles. The van der Waals surface area contributed by atoms with Crippen molar-refractivity contribution in [1.82, 2.24) is 9.55 Å². The first-order chi connectivity index (χ1) is 7.78. The van der Waals surface area contributed by atoms with Crippen LogP contribution < -0.4 is 5.73 Å². The van der Waals surface area contributed by atoms with E-state index < -0.39 is 18.5 Å². The predicted molar refractivity (Wildman–Crippen MR) is 57.9 cm³/mol. The van der Waals surface area contributed by atoms with E-state index in [1.165, 1.54) is 6.07 Å². The summed E-state index contributed by atoms with van der Waals surface area (Å²) in [7, 11) is 0. The highest BCUT2D eigenvalue weighted by atomic mass is 79.9. The smallest absolute Gasteiger partial charge is 0.369 e. The minimum atomic E-state index is -4.44. The van der Waals surface area contributed by atoms with Crippen LogP contribution in [-0.2, 0) is 6.54 Å². The molecular weight excluding hydrogens is 306 g/mol. The van der Waals surface area contributed by atoms with Crippen LogP contribution in [0.15, 0.2) is 16.6 Å². The molecule has 1 heterocycles. The Morgan fingerprint density at radius 2 is 2.00 bits per heavy atom. The molecule has 0 radical (unpaired) electrons. The Bertz CT molecular complexity index is 576. The Hall–Kier alpha value is -1.31. The maximum Gasteiger partial charge on any atom is 0.406 e. The van der Waals surface area contributed by atoms with E-state index in [9.17, 15) is 17.6 Å². The van der Waals surface area contributed by atoms with E-state index in [0.29, 0.717) is 0 Å². The Kier molecular flexibility index (Phi) is 2.76. The van der Waals surface area contributed by atoms with Gasteiger partial charge in [0.25, 0.3) is 0 Å². The molecule has 0 unspecified atom stereocenters. The number of nitrogens with zero attached hydrogens (tertiary/aromatic N) is 2. The molecule has 0 atom stereocenters. The first-order valence-corrected chi connectivity index (χ1v) is 5.25. The largest absolute Gasteiger partial charge is 0.406 e. The van der Waals surface area contributed by atoms with Crippen LogP contribution >= 0.6 is 15.9 Å². The third kappa shape index (κ3) is 2.36. The van der Waals surface area contributed by atoms with Crippen molar-refractivity contribution >= 4 is 32.9 Å². The van der Waals surface area contributed by atoms with Crippen molar-refractivity contribution in [3.63, 3.8) is 0 Å². The van der Waals surface area contributed by atoms with Crippen LogP contribution in [0.1, 0.15) is 0 Å². The number of benzene rings is 1. The number of aromatic nitrogens is 2. The number of anilines is 1. The van der Waals surface area contributed by atoms with E-state index in [0.717, 1.165) is 10.6 Å². The van der Waals surface area contributed by atoms with Gasteiger partial charge in [-0.05, 0) is 22.0 Å². The molecule has 0 spiro atoms. The van der Waals surface area contributed by atoms with Crippen LogP contribution in [0, 0.1) is 5.82 Å². The van der Waals surface area contributed by atoms with E-state index in [-0.39, 0.29) is 21.5 Å². The zero-order chi connectivity index (χ0) is 12.8. The number of rotatable bonds is 1. The molecule has 2 N–H and O–H groups in total. The van der Waals surface area contributed by atoms with Crippen LogP contribution in [0.25, 0.3) is 11.0 Å². The summed E-state index contributed by atoms with van der Waals surface area (Å²) in [6, 6.07) is 2.25. The first-order valence-electron chi connectivity index (χ1n) is 4.45. The SMILES string of the molecule is Nc1nc2cc(Br)c(F)cc2n1CC(F)(F)F. The summed E-state index contributed by atoms with van der Waals surface area (Å²) in [5.74, 6) is -0.962. The van der Waals surface area contributed by atoms with Gasteiger partial charge in [0.1, 0.15) is 12.4 Å². The summed E-state index contributed by atoms with van der Waals surface area (Å²) in [6.07, 6.45) is -4.44. The Morgan fingerprint density at radius 1 is 1.35 bits per heavy atom. The van der Waals surface area contributed by atoms with Crippen molar-refractivity contribution in [2.75, 3.05) is 5.73 Å². The molecule has 1 aromatic heterocycles. The standard InChI is InChI=1S/C9H6BrF4N3/c10-4-1-6-7(2-5(4)11)17(8(15)16-6)3-9(12,13)14/h1-2H,3H2,(H2,15,16). The molecule has 0 amide bonds. The molecule has 17 heavy (non-hydrogen) atoms. The van der Waals surface area contributed by atoms with Gasteiger partial charge in [-0.25, -0.2) is 9.37 Å². The summed E-state index contributed by atoms with van der Waals surface area (Å²) in [5.41, 5.74) is 5.60. The monoisotopic (exact) mass is 311 g/mol. The summed E-state index contributed by atoms with van der Waals surface area (Å²) in [5, 5.41) is 0. The van der Waals surface area contributed by atoms with Gasteiger partial charge >= 0.3 is 6.18 Å². The van der Waals surface area contributed by atoms with Gasteiger partial charge in [-0.3, -0.25) is 0 Å². The molecule has 0 bridgehead atoms. The lowest BCUT2D eigenvalue weighted by Crippen LogP contribution is -2.19. The Balaban J connectivity index is 2.63. The fourth-order valence-corrected chi connectivity index (χ4v) is 1.82. The lowest BCUT2D eigenvalue weighted by molar-refractivity contribution is -0.139. The maximum atomic E-state index is 13.3. The van der Waals surface area contributed by atoms with Gasteiger partial charge in [0.15, 0.2) is 0 Å². The van der Waals surface area contributed by atoms with Gasteiger partial charge in [-0.2, -0.15) is 13.2 Å². The molecule has 2 aromatic rings. The number of hydrogen-bond acceptors (Lipinski definition) is 2. The van der Waals surface area contributed by atoms with E-state index in [4.69, 9.17) is 5.73 Å². The number of fused-ring (bicyclic) bond motifs is 1. The number of alkyl halides is 3. The van der Waals surface area contributed by atoms with Crippen molar-refractivity contribution in [3.8, 4) is 0 Å². The summed E-state index contributed by atoms with van der Waals surface area (Å²) < 4.78 is 51.0. The van der Waals surface area contributed by atoms with Crippen LogP contribution in [0.4, 0.5) is 23.5 Å². The highest BCUT2D eigenvalue weighted by Gasteiger charge is 2.30. The molecule has 1 aromatic carbocycles. The van der Waals surface area contributed by atoms with Crippen molar-refractivity contribution < 1.29 is 17.6 Å². The summed E-state index contributed by atoms with van der Waals surface area (Å²) in [6.45, 7) is -1.30. The maximum absolute atomic E-state index is 13.3. The summed E-state index contributed by atoms with van der Waals surface area (Å²) >= 11 is 2.92. The molecule has 0 aliphatic heterocycles. The third-order valence-electron chi connectivity index (χ3n) is 2.16. The van der Waals surface area contributed by atoms with Crippen molar-refractivity contribution in [1.29, 1.82) is 0 Å².